The molecule has 0 aliphatic carbocycles. The topological polar surface area (TPSA) is 97.8 Å². The van der Waals surface area contributed by atoms with Crippen LogP contribution in [0.4, 0.5) is 5.13 Å². The second-order valence-corrected chi connectivity index (χ2v) is 11.4. The van der Waals surface area contributed by atoms with Crippen LogP contribution in [0.5, 0.6) is 0 Å². The number of hydrogen-bond acceptors (Lipinski definition) is 7. The second-order valence-electron chi connectivity index (χ2n) is 8.61. The Labute approximate surface area is 199 Å². The molecular formula is C23H31N3O5S2. The highest BCUT2D eigenvalue weighted by molar-refractivity contribution is 7.89. The predicted molar refractivity (Wildman–Crippen MR) is 127 cm³/mol. The normalized spacial score (nSPS) is 21.2. The van der Waals surface area contributed by atoms with Gasteiger partial charge in [0.2, 0.25) is 15.9 Å². The Balaban J connectivity index is 1.54. The van der Waals surface area contributed by atoms with Crippen LogP contribution in [0.15, 0.2) is 40.7 Å². The fourth-order valence-electron chi connectivity index (χ4n) is 4.68. The predicted octanol–water partition coefficient (Wildman–Crippen LogP) is 3.48. The van der Waals surface area contributed by atoms with Crippen LogP contribution < -0.4 is 5.32 Å². The number of nitrogens with zero attached hydrogens (tertiary/aromatic N) is 2. The van der Waals surface area contributed by atoms with Gasteiger partial charge in [0, 0.05) is 44.5 Å². The molecule has 2 saturated heterocycles. The summed E-state index contributed by atoms with van der Waals surface area (Å²) >= 11 is 1.38. The molecule has 1 aromatic carbocycles. The first-order valence-electron chi connectivity index (χ1n) is 11.4. The molecule has 33 heavy (non-hydrogen) atoms. The van der Waals surface area contributed by atoms with Gasteiger partial charge in [-0.2, -0.15) is 4.31 Å². The van der Waals surface area contributed by atoms with Gasteiger partial charge in [0.1, 0.15) is 0 Å². The van der Waals surface area contributed by atoms with E-state index in [1.807, 2.05) is 5.38 Å². The number of aromatic nitrogens is 1. The quantitative estimate of drug-likeness (QED) is 0.574. The average molecular weight is 494 g/mol. The molecule has 1 N–H and O–H groups in total. The Morgan fingerprint density at radius 2 is 2.03 bits per heavy atom. The maximum absolute atomic E-state index is 13.2. The summed E-state index contributed by atoms with van der Waals surface area (Å²) in [7, 11) is -2.02. The van der Waals surface area contributed by atoms with E-state index in [0.717, 1.165) is 31.2 Å². The number of methoxy groups -OCH3 is 1. The summed E-state index contributed by atoms with van der Waals surface area (Å²) in [6, 6.07) is 6.67. The van der Waals surface area contributed by atoms with Crippen LogP contribution in [-0.4, -0.2) is 63.1 Å². The minimum Gasteiger partial charge on any atom is -0.383 e. The van der Waals surface area contributed by atoms with Crippen molar-refractivity contribution in [1.29, 1.82) is 0 Å². The molecule has 180 valence electrons. The van der Waals surface area contributed by atoms with Crippen molar-refractivity contribution in [1.82, 2.24) is 9.29 Å². The van der Waals surface area contributed by atoms with Crippen LogP contribution >= 0.6 is 11.3 Å². The zero-order chi connectivity index (χ0) is 23.3. The van der Waals surface area contributed by atoms with Crippen molar-refractivity contribution < 1.29 is 22.7 Å². The van der Waals surface area contributed by atoms with Gasteiger partial charge in [-0.05, 0) is 55.7 Å². The van der Waals surface area contributed by atoms with Gasteiger partial charge in [-0.1, -0.05) is 12.1 Å². The minimum atomic E-state index is -3.61. The lowest BCUT2D eigenvalue weighted by Gasteiger charge is -2.27. The number of thiazole rings is 1. The van der Waals surface area contributed by atoms with Gasteiger partial charge < -0.3 is 14.8 Å². The van der Waals surface area contributed by atoms with Gasteiger partial charge in [0.15, 0.2) is 5.13 Å². The second kappa shape index (κ2) is 11.1. The minimum absolute atomic E-state index is 0.119. The van der Waals surface area contributed by atoms with E-state index in [9.17, 15) is 13.2 Å². The monoisotopic (exact) mass is 493 g/mol. The van der Waals surface area contributed by atoms with Crippen molar-refractivity contribution in [2.45, 2.75) is 49.0 Å². The highest BCUT2D eigenvalue weighted by Crippen LogP contribution is 2.32. The van der Waals surface area contributed by atoms with Crippen molar-refractivity contribution >= 4 is 32.4 Å². The first-order chi connectivity index (χ1) is 16.0. The highest BCUT2D eigenvalue weighted by Gasteiger charge is 2.35. The third kappa shape index (κ3) is 5.81. The van der Waals surface area contributed by atoms with Crippen molar-refractivity contribution in [2.24, 2.45) is 5.92 Å². The number of amides is 1. The van der Waals surface area contributed by atoms with E-state index in [-0.39, 0.29) is 22.8 Å². The zero-order valence-corrected chi connectivity index (χ0v) is 20.4. The lowest BCUT2D eigenvalue weighted by Crippen LogP contribution is -2.38. The molecule has 0 radical (unpaired) electrons. The van der Waals surface area contributed by atoms with Crippen molar-refractivity contribution in [3.8, 4) is 0 Å². The number of hydrogen-bond donors (Lipinski definition) is 1. The van der Waals surface area contributed by atoms with Crippen molar-refractivity contribution in [2.75, 3.05) is 38.8 Å². The molecule has 2 fully saturated rings. The summed E-state index contributed by atoms with van der Waals surface area (Å²) in [6.45, 7) is 2.31. The van der Waals surface area contributed by atoms with Crippen LogP contribution in [0.3, 0.4) is 0 Å². The highest BCUT2D eigenvalue weighted by atomic mass is 32.2. The molecule has 1 aromatic heterocycles. The number of anilines is 1. The Morgan fingerprint density at radius 1 is 1.27 bits per heavy atom. The van der Waals surface area contributed by atoms with Crippen LogP contribution in [0.1, 0.15) is 43.6 Å². The Kier molecular flexibility index (Phi) is 8.13. The van der Waals surface area contributed by atoms with E-state index in [4.69, 9.17) is 9.47 Å². The van der Waals surface area contributed by atoms with E-state index in [0.29, 0.717) is 43.8 Å². The Morgan fingerprint density at radius 3 is 2.70 bits per heavy atom. The largest absolute Gasteiger partial charge is 0.383 e. The van der Waals surface area contributed by atoms with Crippen LogP contribution in [0, 0.1) is 5.92 Å². The van der Waals surface area contributed by atoms with Crippen LogP contribution in [0.2, 0.25) is 0 Å². The van der Waals surface area contributed by atoms with E-state index >= 15 is 0 Å². The first kappa shape index (κ1) is 24.3. The summed E-state index contributed by atoms with van der Waals surface area (Å²) in [5, 5.41) is 5.30. The maximum atomic E-state index is 13.2. The molecule has 0 spiro atoms. The van der Waals surface area contributed by atoms with Gasteiger partial charge in [0.05, 0.1) is 17.4 Å². The number of benzene rings is 1. The number of nitrogens with one attached hydrogen (secondary N) is 1. The molecule has 3 heterocycles. The lowest BCUT2D eigenvalue weighted by molar-refractivity contribution is -0.118. The number of sulfonamides is 1. The third-order valence-electron chi connectivity index (χ3n) is 6.46. The first-order valence-corrected chi connectivity index (χ1v) is 13.7. The Hall–Kier alpha value is -1.85. The van der Waals surface area contributed by atoms with Gasteiger partial charge in [-0.3, -0.25) is 4.79 Å². The summed E-state index contributed by atoms with van der Waals surface area (Å²) in [5.74, 6) is -0.123. The summed E-state index contributed by atoms with van der Waals surface area (Å²) in [4.78, 5) is 17.6. The molecule has 2 aliphatic rings. The van der Waals surface area contributed by atoms with Crippen molar-refractivity contribution in [3.05, 3.63) is 41.4 Å². The molecule has 2 aromatic rings. The third-order valence-corrected chi connectivity index (χ3v) is 9.11. The standard InChI is InChI=1S/C23H31N3O5S2/c1-30-16-19-3-2-11-26(19)33(28,29)20-6-4-18(5-7-20)21(15-17-8-12-31-13-9-17)22(27)25-23-24-10-14-32-23/h4-7,10,14,17,19,21H,2-3,8-9,11-13,15-16H2,1H3,(H,24,25,27)/t19-,21?/m1/s1. The lowest BCUT2D eigenvalue weighted by atomic mass is 9.84. The molecule has 8 nitrogen and oxygen atoms in total. The molecule has 0 bridgehead atoms. The number of carbonyl (C=O) groups excluding carboxylic acids is 1. The molecule has 1 unspecified atom stereocenters. The number of rotatable bonds is 9. The molecule has 2 aliphatic heterocycles. The molecule has 1 amide bonds. The molecule has 0 saturated carbocycles. The summed E-state index contributed by atoms with van der Waals surface area (Å²) in [5.41, 5.74) is 0.810. The SMILES string of the molecule is COC[C@H]1CCCN1S(=O)(=O)c1ccc(C(CC2CCOCC2)C(=O)Nc2nccs2)cc1. The van der Waals surface area contributed by atoms with Crippen LogP contribution in [0.25, 0.3) is 0 Å². The van der Waals surface area contributed by atoms with Gasteiger partial charge in [-0.15, -0.1) is 11.3 Å². The fraction of sp³-hybridized carbons (Fsp3) is 0.565. The molecule has 4 rings (SSSR count). The molecular weight excluding hydrogens is 462 g/mol. The number of ether oxygens (including phenoxy) is 2. The fourth-order valence-corrected chi connectivity index (χ4v) is 6.89. The zero-order valence-electron chi connectivity index (χ0n) is 18.8. The summed E-state index contributed by atoms with van der Waals surface area (Å²) in [6.07, 6.45) is 5.81. The van der Waals surface area contributed by atoms with Crippen LogP contribution in [-0.2, 0) is 24.3 Å². The van der Waals surface area contributed by atoms with E-state index < -0.39 is 10.0 Å². The van der Waals surface area contributed by atoms with E-state index in [1.165, 1.54) is 11.3 Å². The molecule has 10 heteroatoms. The Bertz CT molecular complexity index is 1010. The summed E-state index contributed by atoms with van der Waals surface area (Å²) < 4.78 is 38.7. The smallest absolute Gasteiger partial charge is 0.243 e. The average Bonchev–Trinajstić information content (AvgIpc) is 3.51. The van der Waals surface area contributed by atoms with Crippen molar-refractivity contribution in [3.63, 3.8) is 0 Å². The van der Waals surface area contributed by atoms with Gasteiger partial charge in [-0.25, -0.2) is 13.4 Å². The van der Waals surface area contributed by atoms with E-state index in [2.05, 4.69) is 10.3 Å². The molecule has 2 atom stereocenters. The number of carbonyl (C=O) groups is 1. The van der Waals surface area contributed by atoms with Gasteiger partial charge >= 0.3 is 0 Å². The maximum Gasteiger partial charge on any atom is 0.243 e. The van der Waals surface area contributed by atoms with Gasteiger partial charge in [0.25, 0.3) is 0 Å². The van der Waals surface area contributed by atoms with E-state index in [1.54, 1.807) is 41.9 Å².